The van der Waals surface area contributed by atoms with Crippen LogP contribution < -0.4 is 9.47 Å². The summed E-state index contributed by atoms with van der Waals surface area (Å²) >= 11 is 0. The summed E-state index contributed by atoms with van der Waals surface area (Å²) in [5, 5.41) is 8.65. The van der Waals surface area contributed by atoms with Crippen LogP contribution in [0.5, 0.6) is 11.5 Å². The molecule has 0 fully saturated rings. The van der Waals surface area contributed by atoms with Gasteiger partial charge >= 0.3 is 0 Å². The smallest absolute Gasteiger partial charge is 0.129 e. The highest BCUT2D eigenvalue weighted by Gasteiger charge is 2.04. The summed E-state index contributed by atoms with van der Waals surface area (Å²) in [6.45, 7) is 1.49. The quantitative estimate of drug-likeness (QED) is 0.385. The predicted octanol–water partition coefficient (Wildman–Crippen LogP) is 5.18. The number of aromatic nitrogens is 3. The number of rotatable bonds is 9. The molecule has 0 saturated carbocycles. The molecule has 4 rings (SSSR count). The highest BCUT2D eigenvalue weighted by atomic mass is 16.5. The van der Waals surface area contributed by atoms with Gasteiger partial charge in [0.05, 0.1) is 18.5 Å². The molecule has 32 heavy (non-hydrogen) atoms. The third-order valence-electron chi connectivity index (χ3n) is 5.10. The lowest BCUT2D eigenvalue weighted by Crippen LogP contribution is -2.19. The average Bonchev–Trinajstić information content (AvgIpc) is 3.45. The molecule has 2 aromatic heterocycles. The Labute approximate surface area is 188 Å². The molecule has 0 saturated heterocycles. The van der Waals surface area contributed by atoms with E-state index in [1.807, 2.05) is 62.8 Å². The molecular weight excluding hydrogens is 400 g/mol. The first-order valence-corrected chi connectivity index (χ1v) is 10.5. The molecule has 6 nitrogen and oxygen atoms in total. The standard InChI is InChI=1S/C26H28N4O2/c1-30(2)14-15-32-24-11-8-21(26(18-24)31-3)7-10-23-17-22(28-29-23)9-5-19-4-6-20-12-13-27-25(20)16-19/h4-13,16-18,27H,14-15H2,1-3H3,(H,28,29). The van der Waals surface area contributed by atoms with Gasteiger partial charge in [-0.25, -0.2) is 0 Å². The van der Waals surface area contributed by atoms with Crippen molar-refractivity contribution in [2.24, 2.45) is 0 Å². The maximum Gasteiger partial charge on any atom is 0.129 e. The zero-order valence-corrected chi connectivity index (χ0v) is 18.6. The molecule has 0 spiro atoms. The summed E-state index contributed by atoms with van der Waals surface area (Å²) in [6, 6.07) is 16.3. The number of likely N-dealkylation sites (N-methyl/N-ethyl adjacent to an activating group) is 1. The van der Waals surface area contributed by atoms with Gasteiger partial charge in [0.2, 0.25) is 0 Å². The Bertz CT molecular complexity index is 1230. The van der Waals surface area contributed by atoms with Crippen molar-refractivity contribution in [3.63, 3.8) is 0 Å². The van der Waals surface area contributed by atoms with E-state index in [1.54, 1.807) is 7.11 Å². The fourth-order valence-corrected chi connectivity index (χ4v) is 3.32. The second-order valence-electron chi connectivity index (χ2n) is 7.79. The van der Waals surface area contributed by atoms with Crippen LogP contribution in [0.4, 0.5) is 0 Å². The van der Waals surface area contributed by atoms with Gasteiger partial charge in [-0.2, -0.15) is 5.10 Å². The number of nitrogens with zero attached hydrogens (tertiary/aromatic N) is 2. The van der Waals surface area contributed by atoms with Crippen molar-refractivity contribution in [2.45, 2.75) is 0 Å². The van der Waals surface area contributed by atoms with E-state index < -0.39 is 0 Å². The molecule has 2 aromatic carbocycles. The van der Waals surface area contributed by atoms with E-state index in [9.17, 15) is 0 Å². The first-order valence-electron chi connectivity index (χ1n) is 10.5. The number of ether oxygens (including phenoxy) is 2. The monoisotopic (exact) mass is 428 g/mol. The summed E-state index contributed by atoms with van der Waals surface area (Å²) in [4.78, 5) is 5.32. The van der Waals surface area contributed by atoms with Crippen molar-refractivity contribution in [1.29, 1.82) is 0 Å². The van der Waals surface area contributed by atoms with Gasteiger partial charge in [0, 0.05) is 29.9 Å². The first kappa shape index (κ1) is 21.5. The Kier molecular flexibility index (Phi) is 6.72. The van der Waals surface area contributed by atoms with Gasteiger partial charge in [-0.1, -0.05) is 18.2 Å². The minimum Gasteiger partial charge on any atom is -0.496 e. The number of nitrogens with one attached hydrogen (secondary N) is 2. The number of methoxy groups -OCH3 is 1. The van der Waals surface area contributed by atoms with Crippen LogP contribution >= 0.6 is 0 Å². The van der Waals surface area contributed by atoms with E-state index >= 15 is 0 Å². The van der Waals surface area contributed by atoms with Gasteiger partial charge in [0.1, 0.15) is 18.1 Å². The van der Waals surface area contributed by atoms with Crippen LogP contribution in [0.3, 0.4) is 0 Å². The molecule has 0 amide bonds. The summed E-state index contributed by atoms with van der Waals surface area (Å²) in [7, 11) is 5.71. The van der Waals surface area contributed by atoms with Crippen LogP contribution in [0.1, 0.15) is 22.5 Å². The lowest BCUT2D eigenvalue weighted by atomic mass is 10.1. The van der Waals surface area contributed by atoms with Crippen molar-refractivity contribution in [2.75, 3.05) is 34.4 Å². The summed E-state index contributed by atoms with van der Waals surface area (Å²) in [5.74, 6) is 1.56. The summed E-state index contributed by atoms with van der Waals surface area (Å²) < 4.78 is 11.3. The molecule has 0 atom stereocenters. The largest absolute Gasteiger partial charge is 0.496 e. The van der Waals surface area contributed by atoms with E-state index in [0.717, 1.165) is 46.1 Å². The lowest BCUT2D eigenvalue weighted by molar-refractivity contribution is 0.260. The van der Waals surface area contributed by atoms with Gasteiger partial charge in [0.15, 0.2) is 0 Å². The molecule has 2 heterocycles. The number of benzene rings is 2. The molecule has 4 aromatic rings. The Balaban J connectivity index is 1.41. The normalized spacial score (nSPS) is 11.9. The molecular formula is C26H28N4O2. The summed E-state index contributed by atoms with van der Waals surface area (Å²) in [5.41, 5.74) is 5.00. The molecule has 164 valence electrons. The van der Waals surface area contributed by atoms with Crippen molar-refractivity contribution in [1.82, 2.24) is 20.1 Å². The number of hydrogen-bond donors (Lipinski definition) is 2. The van der Waals surface area contributed by atoms with Gasteiger partial charge in [-0.3, -0.25) is 5.10 Å². The van der Waals surface area contributed by atoms with E-state index in [2.05, 4.69) is 50.4 Å². The van der Waals surface area contributed by atoms with Crippen LogP contribution in [0.15, 0.2) is 54.7 Å². The average molecular weight is 429 g/mol. The van der Waals surface area contributed by atoms with Crippen molar-refractivity contribution < 1.29 is 9.47 Å². The Morgan fingerprint density at radius 3 is 2.72 bits per heavy atom. The Morgan fingerprint density at radius 2 is 1.88 bits per heavy atom. The maximum absolute atomic E-state index is 5.79. The zero-order chi connectivity index (χ0) is 22.3. The fourth-order valence-electron chi connectivity index (χ4n) is 3.32. The molecule has 0 aliphatic carbocycles. The molecule has 0 bridgehead atoms. The van der Waals surface area contributed by atoms with E-state index in [0.29, 0.717) is 6.61 Å². The summed E-state index contributed by atoms with van der Waals surface area (Å²) in [6.07, 6.45) is 10.00. The fraction of sp³-hybridized carbons (Fsp3) is 0.192. The molecule has 0 aliphatic heterocycles. The number of hydrogen-bond acceptors (Lipinski definition) is 4. The van der Waals surface area contributed by atoms with Gasteiger partial charge in [-0.05, 0) is 73.6 Å². The van der Waals surface area contributed by atoms with E-state index in [1.165, 1.54) is 5.39 Å². The van der Waals surface area contributed by atoms with E-state index in [4.69, 9.17) is 9.47 Å². The van der Waals surface area contributed by atoms with Crippen LogP contribution in [-0.2, 0) is 0 Å². The minimum atomic E-state index is 0.633. The zero-order valence-electron chi connectivity index (χ0n) is 18.6. The van der Waals surface area contributed by atoms with Gasteiger partial charge < -0.3 is 19.4 Å². The van der Waals surface area contributed by atoms with Gasteiger partial charge in [-0.15, -0.1) is 0 Å². The predicted molar refractivity (Wildman–Crippen MR) is 132 cm³/mol. The SMILES string of the molecule is COc1cc(OCCN(C)C)ccc1C=Cc1cc(C=Cc2ccc3cc[nH]c3c2)[nH]n1. The number of aromatic amines is 2. The van der Waals surface area contributed by atoms with Crippen LogP contribution in [0.2, 0.25) is 0 Å². The third kappa shape index (κ3) is 5.47. The Hall–Kier alpha value is -3.77. The number of H-pyrrole nitrogens is 2. The lowest BCUT2D eigenvalue weighted by Gasteiger charge is -2.12. The maximum atomic E-state index is 5.79. The highest BCUT2D eigenvalue weighted by Crippen LogP contribution is 2.26. The molecule has 2 N–H and O–H groups in total. The Morgan fingerprint density at radius 1 is 0.969 bits per heavy atom. The molecule has 6 heteroatoms. The van der Waals surface area contributed by atoms with E-state index in [-0.39, 0.29) is 0 Å². The minimum absolute atomic E-state index is 0.633. The van der Waals surface area contributed by atoms with Crippen molar-refractivity contribution in [3.05, 3.63) is 77.2 Å². The molecule has 0 radical (unpaired) electrons. The van der Waals surface area contributed by atoms with Gasteiger partial charge in [0.25, 0.3) is 0 Å². The second-order valence-corrected chi connectivity index (χ2v) is 7.79. The van der Waals surface area contributed by atoms with Crippen molar-refractivity contribution >= 4 is 35.2 Å². The third-order valence-corrected chi connectivity index (χ3v) is 5.10. The topological polar surface area (TPSA) is 66.2 Å². The second kappa shape index (κ2) is 10.0. The molecule has 0 aliphatic rings. The highest BCUT2D eigenvalue weighted by molar-refractivity contribution is 5.83. The number of fused-ring (bicyclic) bond motifs is 1. The molecule has 0 unspecified atom stereocenters. The first-order chi connectivity index (χ1) is 15.6. The van der Waals surface area contributed by atoms with Crippen molar-refractivity contribution in [3.8, 4) is 11.5 Å². The van der Waals surface area contributed by atoms with Crippen LogP contribution in [-0.4, -0.2) is 54.4 Å². The van der Waals surface area contributed by atoms with Crippen LogP contribution in [0, 0.1) is 0 Å². The van der Waals surface area contributed by atoms with Crippen LogP contribution in [0.25, 0.3) is 35.2 Å².